The summed E-state index contributed by atoms with van der Waals surface area (Å²) >= 11 is 0. The number of phenols is 1. The number of hydrogen-bond acceptors (Lipinski definition) is 1. The van der Waals surface area contributed by atoms with Crippen LogP contribution in [0.25, 0.3) is 5.57 Å². The second kappa shape index (κ2) is 3.38. The Morgan fingerprint density at radius 1 is 1.06 bits per heavy atom. The zero-order chi connectivity index (χ0) is 11.4. The van der Waals surface area contributed by atoms with Gasteiger partial charge in [0.15, 0.2) is 0 Å². The molecule has 4 unspecified atom stereocenters. The van der Waals surface area contributed by atoms with E-state index in [1.54, 1.807) is 6.07 Å². The number of fused-ring (bicyclic) bond motifs is 2. The quantitative estimate of drug-likeness (QED) is 0.771. The number of rotatable bonds is 1. The van der Waals surface area contributed by atoms with Crippen molar-refractivity contribution in [1.82, 2.24) is 0 Å². The van der Waals surface area contributed by atoms with E-state index < -0.39 is 0 Å². The number of phenolic OH excluding ortho intramolecular Hbond substituents is 1. The maximum absolute atomic E-state index is 9.63. The number of hydrogen-bond donors (Lipinski definition) is 1. The molecule has 1 heteroatoms. The summed E-state index contributed by atoms with van der Waals surface area (Å²) in [5.74, 6) is 3.90. The Labute approximate surface area is 102 Å². The first kappa shape index (κ1) is 9.76. The summed E-state index contributed by atoms with van der Waals surface area (Å²) in [4.78, 5) is 0. The van der Waals surface area contributed by atoms with Gasteiger partial charge in [0, 0.05) is 0 Å². The molecular weight excluding hydrogens is 208 g/mol. The molecule has 0 spiro atoms. The van der Waals surface area contributed by atoms with Gasteiger partial charge in [0.2, 0.25) is 0 Å². The molecule has 88 valence electrons. The minimum Gasteiger partial charge on any atom is -0.508 e. The van der Waals surface area contributed by atoms with E-state index >= 15 is 0 Å². The summed E-state index contributed by atoms with van der Waals surface area (Å²) in [5.41, 5.74) is 2.79. The van der Waals surface area contributed by atoms with Gasteiger partial charge in [0.05, 0.1) is 0 Å². The monoisotopic (exact) mass is 226 g/mol. The van der Waals surface area contributed by atoms with Crippen molar-refractivity contribution >= 4 is 5.57 Å². The normalized spacial score (nSPS) is 38.2. The molecule has 0 radical (unpaired) electrons. The molecule has 0 aliphatic heterocycles. The molecule has 1 aromatic carbocycles. The van der Waals surface area contributed by atoms with Crippen LogP contribution in [0.3, 0.4) is 0 Å². The lowest BCUT2D eigenvalue weighted by molar-refractivity contribution is 0.282. The number of allylic oxidation sites excluding steroid dienone is 2. The van der Waals surface area contributed by atoms with Crippen LogP contribution < -0.4 is 0 Å². The van der Waals surface area contributed by atoms with Gasteiger partial charge in [-0.05, 0) is 72.6 Å². The highest BCUT2D eigenvalue weighted by Crippen LogP contribution is 2.57. The lowest BCUT2D eigenvalue weighted by Gasteiger charge is -2.33. The van der Waals surface area contributed by atoms with E-state index in [-0.39, 0.29) is 0 Å². The minimum absolute atomic E-state index is 0.399. The van der Waals surface area contributed by atoms with Crippen LogP contribution in [0.1, 0.15) is 31.2 Å². The Balaban J connectivity index is 1.79. The molecule has 0 aromatic heterocycles. The Kier molecular flexibility index (Phi) is 1.94. The molecule has 1 aromatic rings. The molecule has 4 rings (SSSR count). The van der Waals surface area contributed by atoms with Crippen molar-refractivity contribution in [2.24, 2.45) is 23.7 Å². The Hall–Kier alpha value is -1.24. The van der Waals surface area contributed by atoms with Crippen molar-refractivity contribution in [2.75, 3.05) is 0 Å². The third kappa shape index (κ3) is 1.45. The van der Waals surface area contributed by atoms with Crippen LogP contribution in [-0.2, 0) is 0 Å². The topological polar surface area (TPSA) is 20.2 Å². The summed E-state index contributed by atoms with van der Waals surface area (Å²) in [6, 6.07) is 7.82. The van der Waals surface area contributed by atoms with Crippen molar-refractivity contribution in [3.63, 3.8) is 0 Å². The molecule has 17 heavy (non-hydrogen) atoms. The Morgan fingerprint density at radius 2 is 2.00 bits per heavy atom. The average Bonchev–Trinajstić information content (AvgIpc) is 2.52. The van der Waals surface area contributed by atoms with Gasteiger partial charge in [-0.25, -0.2) is 0 Å². The standard InChI is InChI=1S/C16H18O/c17-14-3-1-2-12(9-14)15-7-10-4-11-6-13(5-10)16(15)8-11/h1-3,7,9-11,13,16-17H,4-6,8H2. The fraction of sp³-hybridized carbons (Fsp3) is 0.500. The van der Waals surface area contributed by atoms with Gasteiger partial charge < -0.3 is 5.11 Å². The SMILES string of the molecule is Oc1cccc(C2=CC3CC4CC(C3)C2C4)c1. The van der Waals surface area contributed by atoms with Gasteiger partial charge in [-0.2, -0.15) is 0 Å². The van der Waals surface area contributed by atoms with E-state index in [2.05, 4.69) is 12.1 Å². The van der Waals surface area contributed by atoms with E-state index in [0.717, 1.165) is 23.7 Å². The van der Waals surface area contributed by atoms with E-state index in [1.165, 1.54) is 36.8 Å². The molecule has 3 bridgehead atoms. The minimum atomic E-state index is 0.399. The third-order valence-corrected chi connectivity index (χ3v) is 5.03. The Morgan fingerprint density at radius 3 is 2.88 bits per heavy atom. The molecule has 1 N–H and O–H groups in total. The first-order chi connectivity index (χ1) is 8.29. The summed E-state index contributed by atoms with van der Waals surface area (Å²) in [7, 11) is 0. The third-order valence-electron chi connectivity index (χ3n) is 5.03. The van der Waals surface area contributed by atoms with Crippen LogP contribution in [0.2, 0.25) is 0 Å². The lowest BCUT2D eigenvalue weighted by atomic mass is 9.72. The fourth-order valence-electron chi connectivity index (χ4n) is 4.50. The van der Waals surface area contributed by atoms with Crippen molar-refractivity contribution in [1.29, 1.82) is 0 Å². The summed E-state index contributed by atoms with van der Waals surface area (Å²) < 4.78 is 0. The van der Waals surface area contributed by atoms with E-state index in [1.807, 2.05) is 12.1 Å². The van der Waals surface area contributed by atoms with E-state index in [4.69, 9.17) is 0 Å². The Bertz CT molecular complexity index is 486. The second-order valence-corrected chi connectivity index (χ2v) is 6.11. The highest BCUT2D eigenvalue weighted by Gasteiger charge is 2.45. The van der Waals surface area contributed by atoms with Crippen molar-refractivity contribution < 1.29 is 5.11 Å². The molecular formula is C16H18O. The van der Waals surface area contributed by atoms with Gasteiger partial charge in [-0.3, -0.25) is 0 Å². The number of aromatic hydroxyl groups is 1. The summed E-state index contributed by atoms with van der Waals surface area (Å²) in [6.07, 6.45) is 8.19. The second-order valence-electron chi connectivity index (χ2n) is 6.11. The first-order valence-corrected chi connectivity index (χ1v) is 6.80. The van der Waals surface area contributed by atoms with Crippen LogP contribution in [-0.4, -0.2) is 5.11 Å². The number of benzene rings is 1. The molecule has 2 fully saturated rings. The smallest absolute Gasteiger partial charge is 0.116 e. The maximum atomic E-state index is 9.63. The van der Waals surface area contributed by atoms with Crippen molar-refractivity contribution in [3.05, 3.63) is 35.9 Å². The maximum Gasteiger partial charge on any atom is 0.116 e. The van der Waals surface area contributed by atoms with Crippen LogP contribution in [0.5, 0.6) is 5.75 Å². The van der Waals surface area contributed by atoms with Crippen LogP contribution in [0.15, 0.2) is 30.3 Å². The molecule has 4 atom stereocenters. The predicted molar refractivity (Wildman–Crippen MR) is 68.5 cm³/mol. The van der Waals surface area contributed by atoms with Crippen LogP contribution in [0.4, 0.5) is 0 Å². The molecule has 0 amide bonds. The van der Waals surface area contributed by atoms with Gasteiger partial charge in [0.25, 0.3) is 0 Å². The van der Waals surface area contributed by atoms with Gasteiger partial charge in [-0.1, -0.05) is 18.2 Å². The summed E-state index contributed by atoms with van der Waals surface area (Å²) in [6.45, 7) is 0. The van der Waals surface area contributed by atoms with Crippen LogP contribution >= 0.6 is 0 Å². The first-order valence-electron chi connectivity index (χ1n) is 6.80. The largest absolute Gasteiger partial charge is 0.508 e. The van der Waals surface area contributed by atoms with Crippen molar-refractivity contribution in [3.8, 4) is 5.75 Å². The average molecular weight is 226 g/mol. The summed E-state index contributed by atoms with van der Waals surface area (Å²) in [5, 5.41) is 9.63. The van der Waals surface area contributed by atoms with Gasteiger partial charge in [-0.15, -0.1) is 0 Å². The highest BCUT2D eigenvalue weighted by atomic mass is 16.3. The van der Waals surface area contributed by atoms with Gasteiger partial charge in [0.1, 0.15) is 5.75 Å². The van der Waals surface area contributed by atoms with E-state index in [0.29, 0.717) is 5.75 Å². The lowest BCUT2D eigenvalue weighted by Crippen LogP contribution is -2.21. The highest BCUT2D eigenvalue weighted by molar-refractivity contribution is 5.70. The zero-order valence-corrected chi connectivity index (χ0v) is 9.97. The molecule has 0 saturated heterocycles. The fourth-order valence-corrected chi connectivity index (χ4v) is 4.50. The van der Waals surface area contributed by atoms with E-state index in [9.17, 15) is 5.11 Å². The molecule has 3 aliphatic rings. The zero-order valence-electron chi connectivity index (χ0n) is 9.97. The van der Waals surface area contributed by atoms with Gasteiger partial charge >= 0.3 is 0 Å². The molecule has 2 saturated carbocycles. The molecule has 1 nitrogen and oxygen atoms in total. The predicted octanol–water partition coefficient (Wildman–Crippen LogP) is 3.84. The molecule has 0 heterocycles. The van der Waals surface area contributed by atoms with Crippen molar-refractivity contribution in [2.45, 2.75) is 25.7 Å². The molecule has 3 aliphatic carbocycles. The van der Waals surface area contributed by atoms with Crippen LogP contribution in [0, 0.1) is 23.7 Å².